The maximum absolute atomic E-state index is 10.1. The van der Waals surface area contributed by atoms with Crippen molar-refractivity contribution >= 4 is 0 Å². The standard InChI is InChI=1S/C28H42O.CH4O/c1-20-8-4-9-22(20)10-5-13-25-17-18-26-24(12-7-19-28(25,26)3)16-15-23-11-6-14-27(29)21(23)2;1-2/h5,10,15-16,20,22,25-27,29H,2,4,6-9,11-14,17-19H2,1,3H3;2H,1H3/b10-5+,23-15-,24-16+;. The zero-order chi connectivity index (χ0) is 22.4. The molecule has 6 atom stereocenters. The minimum Gasteiger partial charge on any atom is -0.400 e. The first-order chi connectivity index (χ1) is 15.0. The third-order valence-corrected chi connectivity index (χ3v) is 9.13. The molecule has 0 saturated heterocycles. The first-order valence-corrected chi connectivity index (χ1v) is 12.9. The highest BCUT2D eigenvalue weighted by Gasteiger charge is 2.48. The van der Waals surface area contributed by atoms with Crippen molar-refractivity contribution in [2.45, 2.75) is 97.0 Å². The molecular weight excluding hydrogens is 380 g/mol. The second kappa shape index (κ2) is 11.1. The van der Waals surface area contributed by atoms with Gasteiger partial charge in [-0.15, -0.1) is 0 Å². The van der Waals surface area contributed by atoms with Crippen LogP contribution in [0.5, 0.6) is 0 Å². The molecule has 0 aromatic carbocycles. The van der Waals surface area contributed by atoms with E-state index in [0.29, 0.717) is 5.41 Å². The van der Waals surface area contributed by atoms with E-state index >= 15 is 0 Å². The molecule has 4 rings (SSSR count). The van der Waals surface area contributed by atoms with Crippen molar-refractivity contribution in [1.82, 2.24) is 0 Å². The lowest BCUT2D eigenvalue weighted by atomic mass is 9.63. The Labute approximate surface area is 191 Å². The van der Waals surface area contributed by atoms with Crippen LogP contribution >= 0.6 is 0 Å². The molecule has 0 heterocycles. The Hall–Kier alpha value is -1.12. The largest absolute Gasteiger partial charge is 0.400 e. The van der Waals surface area contributed by atoms with Crippen LogP contribution in [0.1, 0.15) is 90.9 Å². The highest BCUT2D eigenvalue weighted by atomic mass is 16.3. The Morgan fingerprint density at radius 3 is 2.55 bits per heavy atom. The molecule has 0 spiro atoms. The summed E-state index contributed by atoms with van der Waals surface area (Å²) in [4.78, 5) is 0. The topological polar surface area (TPSA) is 40.5 Å². The Balaban J connectivity index is 0.00000132. The molecule has 4 aliphatic carbocycles. The number of rotatable bonds is 4. The fourth-order valence-electron chi connectivity index (χ4n) is 7.04. The Kier molecular flexibility index (Phi) is 8.82. The van der Waals surface area contributed by atoms with E-state index in [1.54, 1.807) is 5.57 Å². The molecule has 0 radical (unpaired) electrons. The van der Waals surface area contributed by atoms with Gasteiger partial charge in [0.15, 0.2) is 0 Å². The SMILES string of the molecule is C=C1/C(=C\C=C2/CCCC3(C)C(C/C=C/C4CCCC4C)CCC23)CCCC1O.CO. The van der Waals surface area contributed by atoms with Gasteiger partial charge in [-0.05, 0) is 104 Å². The molecule has 2 N–H and O–H groups in total. The summed E-state index contributed by atoms with van der Waals surface area (Å²) in [5.74, 6) is 3.35. The van der Waals surface area contributed by atoms with Crippen molar-refractivity contribution in [2.24, 2.45) is 29.1 Å². The van der Waals surface area contributed by atoms with E-state index in [0.717, 1.165) is 55.6 Å². The van der Waals surface area contributed by atoms with Crippen LogP contribution in [0.4, 0.5) is 0 Å². The van der Waals surface area contributed by atoms with Gasteiger partial charge in [-0.1, -0.05) is 63.1 Å². The van der Waals surface area contributed by atoms with Crippen LogP contribution in [-0.4, -0.2) is 23.4 Å². The van der Waals surface area contributed by atoms with Gasteiger partial charge in [-0.25, -0.2) is 0 Å². The lowest BCUT2D eigenvalue weighted by molar-refractivity contribution is 0.137. The second-order valence-electron chi connectivity index (χ2n) is 10.8. The van der Waals surface area contributed by atoms with Crippen LogP contribution in [0, 0.1) is 29.1 Å². The van der Waals surface area contributed by atoms with Gasteiger partial charge in [0.05, 0.1) is 6.10 Å². The molecule has 0 aromatic heterocycles. The Morgan fingerprint density at radius 2 is 1.81 bits per heavy atom. The van der Waals surface area contributed by atoms with E-state index in [9.17, 15) is 5.11 Å². The zero-order valence-corrected chi connectivity index (χ0v) is 20.3. The monoisotopic (exact) mass is 426 g/mol. The third kappa shape index (κ3) is 5.45. The van der Waals surface area contributed by atoms with Crippen LogP contribution in [0.3, 0.4) is 0 Å². The van der Waals surface area contributed by atoms with Crippen molar-refractivity contribution in [2.75, 3.05) is 7.11 Å². The number of aliphatic hydroxyl groups excluding tert-OH is 2. The molecule has 0 bridgehead atoms. The molecule has 4 aliphatic rings. The molecule has 0 amide bonds. The van der Waals surface area contributed by atoms with Gasteiger partial charge in [0.2, 0.25) is 0 Å². The van der Waals surface area contributed by atoms with Crippen molar-refractivity contribution in [3.63, 3.8) is 0 Å². The molecule has 4 fully saturated rings. The van der Waals surface area contributed by atoms with Gasteiger partial charge < -0.3 is 10.2 Å². The summed E-state index contributed by atoms with van der Waals surface area (Å²) in [6.07, 6.45) is 24.9. The molecule has 2 nitrogen and oxygen atoms in total. The molecule has 0 aromatic rings. The van der Waals surface area contributed by atoms with Gasteiger partial charge in [0, 0.05) is 7.11 Å². The van der Waals surface area contributed by atoms with Gasteiger partial charge in [-0.3, -0.25) is 0 Å². The van der Waals surface area contributed by atoms with Crippen LogP contribution in [-0.2, 0) is 0 Å². The number of hydrogen-bond donors (Lipinski definition) is 2. The quantitative estimate of drug-likeness (QED) is 0.469. The molecule has 31 heavy (non-hydrogen) atoms. The predicted molar refractivity (Wildman–Crippen MR) is 132 cm³/mol. The van der Waals surface area contributed by atoms with Gasteiger partial charge in [-0.2, -0.15) is 0 Å². The lowest BCUT2D eigenvalue weighted by Crippen LogP contribution is -2.33. The summed E-state index contributed by atoms with van der Waals surface area (Å²) < 4.78 is 0. The van der Waals surface area contributed by atoms with E-state index in [4.69, 9.17) is 5.11 Å². The van der Waals surface area contributed by atoms with E-state index in [-0.39, 0.29) is 6.10 Å². The second-order valence-corrected chi connectivity index (χ2v) is 10.8. The fourth-order valence-corrected chi connectivity index (χ4v) is 7.04. The lowest BCUT2D eigenvalue weighted by Gasteiger charge is -2.42. The maximum atomic E-state index is 10.1. The van der Waals surface area contributed by atoms with E-state index < -0.39 is 0 Å². The van der Waals surface area contributed by atoms with Crippen molar-refractivity contribution in [1.29, 1.82) is 0 Å². The first-order valence-electron chi connectivity index (χ1n) is 12.9. The molecule has 0 aliphatic heterocycles. The van der Waals surface area contributed by atoms with Crippen LogP contribution in [0.25, 0.3) is 0 Å². The smallest absolute Gasteiger partial charge is 0.0787 e. The maximum Gasteiger partial charge on any atom is 0.0787 e. The zero-order valence-electron chi connectivity index (χ0n) is 20.3. The third-order valence-electron chi connectivity index (χ3n) is 9.13. The molecular formula is C29H46O2. The minimum atomic E-state index is -0.324. The molecule has 174 valence electrons. The highest BCUT2D eigenvalue weighted by Crippen LogP contribution is 2.58. The van der Waals surface area contributed by atoms with Gasteiger partial charge in [0.25, 0.3) is 0 Å². The summed E-state index contributed by atoms with van der Waals surface area (Å²) in [6.45, 7) is 9.17. The summed E-state index contributed by atoms with van der Waals surface area (Å²) >= 11 is 0. The van der Waals surface area contributed by atoms with Gasteiger partial charge >= 0.3 is 0 Å². The van der Waals surface area contributed by atoms with Gasteiger partial charge in [0.1, 0.15) is 0 Å². The summed E-state index contributed by atoms with van der Waals surface area (Å²) in [5.41, 5.74) is 4.40. The van der Waals surface area contributed by atoms with Crippen LogP contribution in [0.2, 0.25) is 0 Å². The molecule has 2 heteroatoms. The molecule has 6 unspecified atom stereocenters. The normalized spacial score (nSPS) is 40.9. The number of hydrogen-bond acceptors (Lipinski definition) is 2. The van der Waals surface area contributed by atoms with Crippen molar-refractivity contribution < 1.29 is 10.2 Å². The fraction of sp³-hybridized carbons (Fsp3) is 0.724. The van der Waals surface area contributed by atoms with Crippen molar-refractivity contribution in [3.8, 4) is 0 Å². The Bertz CT molecular complexity index is 700. The first kappa shape index (κ1) is 24.5. The highest BCUT2D eigenvalue weighted by molar-refractivity contribution is 5.37. The van der Waals surface area contributed by atoms with Crippen LogP contribution in [0.15, 0.2) is 47.6 Å². The average molecular weight is 427 g/mol. The predicted octanol–water partition coefficient (Wildman–Crippen LogP) is 7.15. The number of aliphatic hydroxyl groups is 2. The summed E-state index contributed by atoms with van der Waals surface area (Å²) in [7, 11) is 1.00. The Morgan fingerprint density at radius 1 is 1.00 bits per heavy atom. The summed E-state index contributed by atoms with van der Waals surface area (Å²) in [5, 5.41) is 17.1. The van der Waals surface area contributed by atoms with Crippen LogP contribution < -0.4 is 0 Å². The molecule has 4 saturated carbocycles. The number of allylic oxidation sites excluding steroid dienone is 5. The summed E-state index contributed by atoms with van der Waals surface area (Å²) in [6, 6.07) is 0. The van der Waals surface area contributed by atoms with Crippen molar-refractivity contribution in [3.05, 3.63) is 47.6 Å². The van der Waals surface area contributed by atoms with E-state index in [1.165, 1.54) is 63.4 Å². The van der Waals surface area contributed by atoms with E-state index in [2.05, 4.69) is 44.7 Å². The number of fused-ring (bicyclic) bond motifs is 1. The van der Waals surface area contributed by atoms with E-state index in [1.807, 2.05) is 0 Å². The minimum absolute atomic E-state index is 0.324. The average Bonchev–Trinajstić information content (AvgIpc) is 3.33.